The number of thioether (sulfide) groups is 1. The Labute approximate surface area is 150 Å². The van der Waals surface area contributed by atoms with Gasteiger partial charge in [-0.15, -0.1) is 11.3 Å². The number of thiophene rings is 1. The van der Waals surface area contributed by atoms with E-state index in [9.17, 15) is 9.90 Å². The van der Waals surface area contributed by atoms with Crippen molar-refractivity contribution in [3.05, 3.63) is 16.3 Å². The average molecular weight is 370 g/mol. The van der Waals surface area contributed by atoms with Crippen molar-refractivity contribution in [3.63, 3.8) is 0 Å². The number of nitrogens with zero attached hydrogens (tertiary/aromatic N) is 2. The van der Waals surface area contributed by atoms with Gasteiger partial charge in [0.1, 0.15) is 5.54 Å². The van der Waals surface area contributed by atoms with Gasteiger partial charge in [-0.3, -0.25) is 4.90 Å². The maximum atomic E-state index is 11.8. The highest BCUT2D eigenvalue weighted by molar-refractivity contribution is 8.13. The number of nitrogen functional groups attached to an aromatic ring is 1. The van der Waals surface area contributed by atoms with Gasteiger partial charge in [0.15, 0.2) is 5.17 Å². The Morgan fingerprint density at radius 3 is 2.79 bits per heavy atom. The Bertz CT molecular complexity index is 682. The molecule has 1 aromatic rings. The zero-order valence-electron chi connectivity index (χ0n) is 14.3. The monoisotopic (exact) mass is 369 g/mol. The van der Waals surface area contributed by atoms with E-state index in [0.717, 1.165) is 10.6 Å². The van der Waals surface area contributed by atoms with Crippen LogP contribution in [0, 0.1) is 5.92 Å². The molecule has 8 heteroatoms. The molecule has 0 aromatic carbocycles. The summed E-state index contributed by atoms with van der Waals surface area (Å²) in [5.41, 5.74) is 5.53. The molecule has 1 aromatic heterocycles. The second kappa shape index (κ2) is 5.93. The quantitative estimate of drug-likeness (QED) is 0.792. The van der Waals surface area contributed by atoms with E-state index in [-0.39, 0.29) is 12.0 Å². The topological polar surface area (TPSA) is 88.2 Å². The Morgan fingerprint density at radius 1 is 1.54 bits per heavy atom. The van der Waals surface area contributed by atoms with Crippen LogP contribution >= 0.6 is 23.1 Å². The van der Waals surface area contributed by atoms with Gasteiger partial charge in [-0.1, -0.05) is 11.8 Å². The summed E-state index contributed by atoms with van der Waals surface area (Å²) >= 11 is 3.06. The summed E-state index contributed by atoms with van der Waals surface area (Å²) < 4.78 is 5.92. The summed E-state index contributed by atoms with van der Waals surface area (Å²) in [6.45, 7) is 8.14. The molecular weight excluding hydrogens is 346 g/mol. The molecule has 2 aliphatic rings. The molecule has 3 atom stereocenters. The van der Waals surface area contributed by atoms with Gasteiger partial charge in [0.2, 0.25) is 0 Å². The minimum atomic E-state index is -0.986. The van der Waals surface area contributed by atoms with E-state index in [1.165, 1.54) is 16.7 Å². The number of nitrogens with two attached hydrogens (primary N) is 1. The molecule has 0 radical (unpaired) electrons. The zero-order chi connectivity index (χ0) is 17.7. The maximum absolute atomic E-state index is 11.8. The molecule has 1 amide bonds. The Balaban J connectivity index is 2.10. The van der Waals surface area contributed by atoms with Gasteiger partial charge in [0.25, 0.3) is 0 Å². The number of aliphatic imine (C=N–C) groups is 1. The fourth-order valence-electron chi connectivity index (χ4n) is 3.28. The van der Waals surface area contributed by atoms with Gasteiger partial charge in [-0.25, -0.2) is 9.79 Å². The highest BCUT2D eigenvalue weighted by Gasteiger charge is 2.53. The molecule has 2 aliphatic heterocycles. The molecule has 3 N–H and O–H groups in total. The molecule has 0 spiro atoms. The van der Waals surface area contributed by atoms with Gasteiger partial charge < -0.3 is 15.6 Å². The van der Waals surface area contributed by atoms with Crippen molar-refractivity contribution < 1.29 is 14.6 Å². The van der Waals surface area contributed by atoms with Gasteiger partial charge in [0.05, 0.1) is 12.7 Å². The van der Waals surface area contributed by atoms with Gasteiger partial charge in [-0.05, 0) is 33.8 Å². The molecule has 24 heavy (non-hydrogen) atoms. The number of carbonyl (C=O) groups is 1. The van der Waals surface area contributed by atoms with E-state index in [2.05, 4.69) is 6.92 Å². The zero-order valence-corrected chi connectivity index (χ0v) is 15.9. The van der Waals surface area contributed by atoms with Crippen molar-refractivity contribution in [1.29, 1.82) is 0 Å². The van der Waals surface area contributed by atoms with Crippen LogP contribution in [-0.2, 0) is 10.3 Å². The first-order chi connectivity index (χ1) is 11.1. The molecule has 0 bridgehead atoms. The minimum absolute atomic E-state index is 0.0824. The predicted molar refractivity (Wildman–Crippen MR) is 98.8 cm³/mol. The minimum Gasteiger partial charge on any atom is -0.465 e. The molecule has 6 nitrogen and oxygen atoms in total. The van der Waals surface area contributed by atoms with Crippen LogP contribution < -0.4 is 5.73 Å². The molecule has 3 heterocycles. The number of hydrogen-bond acceptors (Lipinski definition) is 6. The largest absolute Gasteiger partial charge is 0.465 e. The molecule has 0 aliphatic carbocycles. The van der Waals surface area contributed by atoms with Crippen LogP contribution in [0.3, 0.4) is 0 Å². The third-order valence-corrected chi connectivity index (χ3v) is 6.71. The smallest absolute Gasteiger partial charge is 0.413 e. The Morgan fingerprint density at radius 2 is 2.25 bits per heavy atom. The highest BCUT2D eigenvalue weighted by atomic mass is 32.2. The number of hydrogen-bond donors (Lipinski definition) is 2. The van der Waals surface area contributed by atoms with E-state index < -0.39 is 17.2 Å². The number of anilines is 1. The normalized spacial score (nSPS) is 29.9. The lowest BCUT2D eigenvalue weighted by atomic mass is 9.84. The van der Waals surface area contributed by atoms with Crippen LogP contribution in [-0.4, -0.2) is 45.3 Å². The molecular formula is C16H23N3O3S2. The molecule has 3 rings (SSSR count). The lowest BCUT2D eigenvalue weighted by molar-refractivity contribution is 0.108. The van der Waals surface area contributed by atoms with Crippen LogP contribution in [0.2, 0.25) is 0 Å². The van der Waals surface area contributed by atoms with Crippen molar-refractivity contribution in [2.45, 2.75) is 44.9 Å². The number of amidine groups is 1. The lowest BCUT2D eigenvalue weighted by Crippen LogP contribution is -2.51. The van der Waals surface area contributed by atoms with Crippen molar-refractivity contribution in [3.8, 4) is 0 Å². The van der Waals surface area contributed by atoms with Gasteiger partial charge >= 0.3 is 6.09 Å². The first kappa shape index (κ1) is 17.6. The number of fused-ring (bicyclic) bond motifs is 1. The standard InChI is InChI=1S/C16H23N3O3S2/c1-9-11-7-24-13(19(14(20)21)15(2,3)4)18-16(11,8-22-9)12-5-10(17)6-23-12/h5-6,9,11H,7-8,17H2,1-4H3,(H,20,21)/t9-,11-,16+/m1/s1. The lowest BCUT2D eigenvalue weighted by Gasteiger charge is -2.40. The fraction of sp³-hybridized carbons (Fsp3) is 0.625. The van der Waals surface area contributed by atoms with E-state index in [4.69, 9.17) is 15.5 Å². The number of carboxylic acid groups (broad SMARTS) is 1. The number of rotatable bonds is 1. The van der Waals surface area contributed by atoms with Crippen molar-refractivity contribution >= 4 is 40.0 Å². The predicted octanol–water partition coefficient (Wildman–Crippen LogP) is 3.44. The highest BCUT2D eigenvalue weighted by Crippen LogP contribution is 2.50. The van der Waals surface area contributed by atoms with Crippen LogP contribution in [0.1, 0.15) is 32.6 Å². The van der Waals surface area contributed by atoms with Crippen molar-refractivity contribution in [2.24, 2.45) is 10.9 Å². The first-order valence-corrected chi connectivity index (χ1v) is 9.73. The summed E-state index contributed by atoms with van der Waals surface area (Å²) in [6.07, 6.45) is -0.904. The van der Waals surface area contributed by atoms with E-state index in [0.29, 0.717) is 17.5 Å². The molecule has 1 saturated heterocycles. The van der Waals surface area contributed by atoms with E-state index in [1.54, 1.807) is 11.3 Å². The summed E-state index contributed by atoms with van der Waals surface area (Å²) in [6, 6.07) is 1.94. The van der Waals surface area contributed by atoms with Gasteiger partial charge in [-0.2, -0.15) is 0 Å². The van der Waals surface area contributed by atoms with Gasteiger partial charge in [0, 0.05) is 33.2 Å². The summed E-state index contributed by atoms with van der Waals surface area (Å²) in [4.78, 5) is 19.2. The summed E-state index contributed by atoms with van der Waals surface area (Å²) in [5.74, 6) is 0.984. The molecule has 0 saturated carbocycles. The van der Waals surface area contributed by atoms with Crippen LogP contribution in [0.25, 0.3) is 0 Å². The fourth-order valence-corrected chi connectivity index (χ4v) is 5.86. The third-order valence-electron chi connectivity index (χ3n) is 4.53. The Hall–Kier alpha value is -1.25. The van der Waals surface area contributed by atoms with E-state index >= 15 is 0 Å². The third kappa shape index (κ3) is 2.80. The summed E-state index contributed by atoms with van der Waals surface area (Å²) in [7, 11) is 0. The second-order valence-electron chi connectivity index (χ2n) is 7.29. The first-order valence-electron chi connectivity index (χ1n) is 7.87. The molecule has 132 valence electrons. The van der Waals surface area contributed by atoms with Crippen LogP contribution in [0.5, 0.6) is 0 Å². The molecule has 0 unspecified atom stereocenters. The van der Waals surface area contributed by atoms with Crippen LogP contribution in [0.15, 0.2) is 16.4 Å². The summed E-state index contributed by atoms with van der Waals surface area (Å²) in [5, 5.41) is 12.1. The number of ether oxygens (including phenoxy) is 1. The van der Waals surface area contributed by atoms with E-state index in [1.807, 2.05) is 32.2 Å². The second-order valence-corrected chi connectivity index (χ2v) is 9.18. The molecule has 1 fully saturated rings. The maximum Gasteiger partial charge on any atom is 0.413 e. The number of amides is 1. The average Bonchev–Trinajstić information content (AvgIpc) is 3.02. The SMILES string of the molecule is C[C@H]1OC[C@]2(c3cc(N)cs3)N=C(N(C(=O)O)C(C)(C)C)SC[C@H]12. The van der Waals surface area contributed by atoms with Crippen molar-refractivity contribution in [1.82, 2.24) is 4.90 Å². The Kier molecular flexibility index (Phi) is 4.34. The van der Waals surface area contributed by atoms with Crippen LogP contribution in [0.4, 0.5) is 10.5 Å². The van der Waals surface area contributed by atoms with Crippen molar-refractivity contribution in [2.75, 3.05) is 18.1 Å².